The molecule has 9 heteroatoms. The maximum absolute atomic E-state index is 12.0. The Morgan fingerprint density at radius 3 is 2.89 bits per heavy atom. The van der Waals surface area contributed by atoms with Crippen molar-refractivity contribution in [1.29, 1.82) is 0 Å². The average molecular weight is 289 g/mol. The number of tetrazole rings is 1. The van der Waals surface area contributed by atoms with E-state index < -0.39 is 5.76 Å². The van der Waals surface area contributed by atoms with Gasteiger partial charge in [-0.3, -0.25) is 0 Å². The molecule has 0 bridgehead atoms. The van der Waals surface area contributed by atoms with E-state index in [1.54, 1.807) is 12.1 Å². The smallest absolute Gasteiger partial charge is 0.284 e. The summed E-state index contributed by atoms with van der Waals surface area (Å²) in [6.07, 6.45) is 0. The number of aromatic amines is 1. The second-order valence-corrected chi connectivity index (χ2v) is 4.79. The molecular weight excluding hydrogens is 276 g/mol. The fourth-order valence-electron chi connectivity index (χ4n) is 1.44. The highest BCUT2D eigenvalue weighted by Gasteiger charge is 2.11. The number of halogens is 2. The fraction of sp³-hybridized carbons (Fsp3) is 0.500. The van der Waals surface area contributed by atoms with Crippen molar-refractivity contribution in [2.45, 2.75) is 31.0 Å². The molecule has 0 amide bonds. The Bertz CT molecular complexity index is 490. The van der Waals surface area contributed by atoms with Gasteiger partial charge in [-0.1, -0.05) is 17.0 Å². The zero-order valence-electron chi connectivity index (χ0n) is 10.1. The summed E-state index contributed by atoms with van der Waals surface area (Å²) in [5, 5.41) is 16.7. The van der Waals surface area contributed by atoms with Crippen LogP contribution in [0, 0.1) is 0 Å². The van der Waals surface area contributed by atoms with Gasteiger partial charge >= 0.3 is 0 Å². The summed E-state index contributed by atoms with van der Waals surface area (Å²) < 4.78 is 29.5. The van der Waals surface area contributed by atoms with E-state index >= 15 is 0 Å². The first-order valence-electron chi connectivity index (χ1n) is 5.59. The Labute approximate surface area is 112 Å². The highest BCUT2D eigenvalue weighted by molar-refractivity contribution is 7.98. The molecule has 0 aliphatic heterocycles. The number of H-pyrrole nitrogens is 1. The molecule has 2 aromatic heterocycles. The summed E-state index contributed by atoms with van der Waals surface area (Å²) in [6.45, 7) is 2.36. The summed E-state index contributed by atoms with van der Waals surface area (Å²) >= 11 is 0.540. The molecular formula is C10H13F2N5OS. The van der Waals surface area contributed by atoms with Crippen molar-refractivity contribution in [1.82, 2.24) is 25.9 Å². The Balaban J connectivity index is 1.80. The fourth-order valence-corrected chi connectivity index (χ4v) is 1.88. The molecule has 0 aromatic carbocycles. The van der Waals surface area contributed by atoms with Crippen molar-refractivity contribution < 1.29 is 13.2 Å². The van der Waals surface area contributed by atoms with Crippen LogP contribution in [0.3, 0.4) is 0 Å². The van der Waals surface area contributed by atoms with E-state index in [0.29, 0.717) is 35.7 Å². The van der Waals surface area contributed by atoms with Crippen LogP contribution in [0.25, 0.3) is 0 Å². The summed E-state index contributed by atoms with van der Waals surface area (Å²) in [4.78, 5) is 0. The molecule has 2 N–H and O–H groups in total. The third-order valence-electron chi connectivity index (χ3n) is 2.40. The maximum atomic E-state index is 12.0. The first-order valence-corrected chi connectivity index (χ1v) is 6.64. The van der Waals surface area contributed by atoms with Gasteiger partial charge in [0.1, 0.15) is 11.5 Å². The Morgan fingerprint density at radius 2 is 2.21 bits per heavy atom. The number of furan rings is 1. The quantitative estimate of drug-likeness (QED) is 0.812. The van der Waals surface area contributed by atoms with Crippen LogP contribution in [-0.2, 0) is 12.3 Å². The van der Waals surface area contributed by atoms with Gasteiger partial charge in [-0.15, -0.1) is 10.2 Å². The van der Waals surface area contributed by atoms with Crippen molar-refractivity contribution in [3.05, 3.63) is 29.5 Å². The van der Waals surface area contributed by atoms with Gasteiger partial charge in [0.25, 0.3) is 5.76 Å². The number of rotatable bonds is 7. The number of nitrogens with one attached hydrogen (secondary N) is 2. The van der Waals surface area contributed by atoms with Crippen LogP contribution in [0.1, 0.15) is 30.3 Å². The normalized spacial score (nSPS) is 13.1. The van der Waals surface area contributed by atoms with Crippen molar-refractivity contribution in [3.8, 4) is 0 Å². The summed E-state index contributed by atoms with van der Waals surface area (Å²) in [5.41, 5.74) is 0. The van der Waals surface area contributed by atoms with Gasteiger partial charge in [-0.05, 0) is 19.1 Å². The zero-order chi connectivity index (χ0) is 13.7. The highest BCUT2D eigenvalue weighted by Crippen LogP contribution is 2.21. The second-order valence-electron chi connectivity index (χ2n) is 3.81. The third kappa shape index (κ3) is 4.28. The minimum Gasteiger partial charge on any atom is -0.464 e. The van der Waals surface area contributed by atoms with E-state index in [1.165, 1.54) is 0 Å². The summed E-state index contributed by atoms with van der Waals surface area (Å²) in [7, 11) is 0. The lowest BCUT2D eigenvalue weighted by atomic mass is 10.3. The van der Waals surface area contributed by atoms with Crippen LogP contribution in [0.2, 0.25) is 0 Å². The van der Waals surface area contributed by atoms with E-state index in [1.807, 2.05) is 6.92 Å². The SMILES string of the molecule is CC(NCc1ccc(CSC(F)F)o1)c1nn[nH]n1. The van der Waals surface area contributed by atoms with Gasteiger partial charge in [0, 0.05) is 0 Å². The van der Waals surface area contributed by atoms with Crippen LogP contribution in [0.15, 0.2) is 16.5 Å². The van der Waals surface area contributed by atoms with Crippen LogP contribution in [-0.4, -0.2) is 26.4 Å². The lowest BCUT2D eigenvalue weighted by Gasteiger charge is -2.07. The average Bonchev–Trinajstić information content (AvgIpc) is 3.04. The van der Waals surface area contributed by atoms with Crippen LogP contribution in [0.5, 0.6) is 0 Å². The molecule has 0 saturated carbocycles. The number of hydrogen-bond donors (Lipinski definition) is 2. The lowest BCUT2D eigenvalue weighted by Crippen LogP contribution is -2.19. The predicted octanol–water partition coefficient (Wildman–Crippen LogP) is 2.10. The number of thioether (sulfide) groups is 1. The van der Waals surface area contributed by atoms with Gasteiger partial charge in [0.15, 0.2) is 5.82 Å². The van der Waals surface area contributed by atoms with Gasteiger partial charge in [-0.2, -0.15) is 14.0 Å². The number of hydrogen-bond acceptors (Lipinski definition) is 6. The molecule has 19 heavy (non-hydrogen) atoms. The van der Waals surface area contributed by atoms with Gasteiger partial charge in [-0.25, -0.2) is 0 Å². The number of aromatic nitrogens is 4. The minimum absolute atomic E-state index is 0.0808. The van der Waals surface area contributed by atoms with E-state index in [4.69, 9.17) is 4.42 Å². The Hall–Kier alpha value is -1.48. The van der Waals surface area contributed by atoms with E-state index in [0.717, 1.165) is 0 Å². The molecule has 0 fully saturated rings. The first-order chi connectivity index (χ1) is 9.15. The van der Waals surface area contributed by atoms with Crippen molar-refractivity contribution >= 4 is 11.8 Å². The Kier molecular flexibility index (Phi) is 4.86. The predicted molar refractivity (Wildman–Crippen MR) is 65.4 cm³/mol. The van der Waals surface area contributed by atoms with Crippen LogP contribution < -0.4 is 5.32 Å². The molecule has 0 spiro atoms. The molecule has 0 aliphatic carbocycles. The number of nitrogens with zero attached hydrogens (tertiary/aromatic N) is 3. The minimum atomic E-state index is -2.38. The molecule has 0 aliphatic rings. The van der Waals surface area contributed by atoms with Crippen molar-refractivity contribution in [2.75, 3.05) is 0 Å². The lowest BCUT2D eigenvalue weighted by molar-refractivity contribution is 0.251. The standard InChI is InChI=1S/C10H13F2N5OS/c1-6(9-14-16-17-15-9)13-4-7-2-3-8(18-7)5-19-10(11)12/h2-3,6,10,13H,4-5H2,1H3,(H,14,15,16,17). The summed E-state index contributed by atoms with van der Waals surface area (Å²) in [6, 6.07) is 3.38. The van der Waals surface area contributed by atoms with Gasteiger partial charge in [0.05, 0.1) is 18.3 Å². The monoisotopic (exact) mass is 289 g/mol. The first kappa shape index (κ1) is 13.9. The van der Waals surface area contributed by atoms with E-state index in [2.05, 4.69) is 25.9 Å². The highest BCUT2D eigenvalue weighted by atomic mass is 32.2. The van der Waals surface area contributed by atoms with E-state index in [-0.39, 0.29) is 11.8 Å². The topological polar surface area (TPSA) is 79.6 Å². The molecule has 0 radical (unpaired) electrons. The molecule has 2 rings (SSSR count). The molecule has 104 valence electrons. The zero-order valence-corrected chi connectivity index (χ0v) is 11.0. The van der Waals surface area contributed by atoms with Crippen molar-refractivity contribution in [3.63, 3.8) is 0 Å². The second kappa shape index (κ2) is 6.62. The Morgan fingerprint density at radius 1 is 1.42 bits per heavy atom. The largest absolute Gasteiger partial charge is 0.464 e. The third-order valence-corrected chi connectivity index (χ3v) is 3.10. The van der Waals surface area contributed by atoms with Crippen LogP contribution >= 0.6 is 11.8 Å². The van der Waals surface area contributed by atoms with Gasteiger partial charge < -0.3 is 9.73 Å². The molecule has 1 atom stereocenters. The molecule has 2 heterocycles. The van der Waals surface area contributed by atoms with Crippen molar-refractivity contribution in [2.24, 2.45) is 0 Å². The van der Waals surface area contributed by atoms with E-state index in [9.17, 15) is 8.78 Å². The van der Waals surface area contributed by atoms with Gasteiger partial charge in [0.2, 0.25) is 0 Å². The molecule has 1 unspecified atom stereocenters. The van der Waals surface area contributed by atoms with Crippen LogP contribution in [0.4, 0.5) is 8.78 Å². The summed E-state index contributed by atoms with van der Waals surface area (Å²) in [5.74, 6) is -0.447. The molecule has 2 aromatic rings. The molecule has 0 saturated heterocycles. The maximum Gasteiger partial charge on any atom is 0.284 e. The molecule has 6 nitrogen and oxygen atoms in total. The number of alkyl halides is 2.